The summed E-state index contributed by atoms with van der Waals surface area (Å²) in [6, 6.07) is 3.19. The minimum absolute atomic E-state index is 0.182. The maximum atomic E-state index is 12.8. The van der Waals surface area contributed by atoms with E-state index in [9.17, 15) is 9.90 Å². The summed E-state index contributed by atoms with van der Waals surface area (Å²) < 4.78 is 7.28. The highest BCUT2D eigenvalue weighted by molar-refractivity contribution is 5.95. The van der Waals surface area contributed by atoms with Crippen LogP contribution in [0, 0.1) is 6.92 Å². The highest BCUT2D eigenvalue weighted by Gasteiger charge is 2.21. The molecule has 1 amide bonds. The number of H-pyrrole nitrogens is 1. The number of carbonyl (C=O) groups is 1. The van der Waals surface area contributed by atoms with Gasteiger partial charge < -0.3 is 20.1 Å². The number of fused-ring (bicyclic) bond motifs is 1. The number of amides is 1. The van der Waals surface area contributed by atoms with Gasteiger partial charge in [-0.3, -0.25) is 9.20 Å². The first-order valence-electron chi connectivity index (χ1n) is 8.13. The third kappa shape index (κ3) is 3.48. The Balaban J connectivity index is 1.86. The van der Waals surface area contributed by atoms with Crippen molar-refractivity contribution >= 4 is 11.6 Å². The molecular formula is C17H21N5O3. The van der Waals surface area contributed by atoms with Crippen molar-refractivity contribution in [2.45, 2.75) is 26.3 Å². The minimum Gasteiger partial charge on any atom is -0.490 e. The zero-order valence-electron chi connectivity index (χ0n) is 14.2. The van der Waals surface area contributed by atoms with Gasteiger partial charge in [-0.2, -0.15) is 0 Å². The third-order valence-electron chi connectivity index (χ3n) is 3.87. The number of carbonyl (C=O) groups excluding carboxylic acids is 1. The van der Waals surface area contributed by atoms with E-state index in [1.165, 1.54) is 0 Å². The van der Waals surface area contributed by atoms with E-state index in [-0.39, 0.29) is 12.5 Å². The number of rotatable bonds is 7. The molecule has 0 radical (unpaired) electrons. The lowest BCUT2D eigenvalue weighted by molar-refractivity contribution is 0.0909. The van der Waals surface area contributed by atoms with Crippen LogP contribution < -0.4 is 10.1 Å². The maximum absolute atomic E-state index is 12.8. The zero-order chi connectivity index (χ0) is 17.8. The molecule has 0 saturated carbocycles. The summed E-state index contributed by atoms with van der Waals surface area (Å²) in [4.78, 5) is 24.2. The Morgan fingerprint density at radius 2 is 2.36 bits per heavy atom. The molecule has 25 heavy (non-hydrogen) atoms. The van der Waals surface area contributed by atoms with Crippen molar-refractivity contribution in [3.8, 4) is 5.75 Å². The van der Waals surface area contributed by atoms with Gasteiger partial charge in [0.1, 0.15) is 5.69 Å². The largest absolute Gasteiger partial charge is 0.490 e. The molecule has 3 rings (SSSR count). The van der Waals surface area contributed by atoms with Crippen LogP contribution in [0.2, 0.25) is 0 Å². The van der Waals surface area contributed by atoms with Gasteiger partial charge in [-0.15, -0.1) is 0 Å². The highest BCUT2D eigenvalue weighted by Crippen LogP contribution is 2.22. The molecule has 0 aliphatic heterocycles. The first kappa shape index (κ1) is 17.0. The molecule has 8 nitrogen and oxygen atoms in total. The van der Waals surface area contributed by atoms with Crippen LogP contribution in [-0.4, -0.2) is 49.6 Å². The second kappa shape index (κ2) is 7.35. The Labute approximate surface area is 144 Å². The molecule has 132 valence electrons. The number of imidazole rings is 2. The number of aliphatic hydroxyl groups is 1. The van der Waals surface area contributed by atoms with E-state index in [4.69, 9.17) is 4.74 Å². The van der Waals surface area contributed by atoms with Crippen LogP contribution in [0.5, 0.6) is 5.75 Å². The molecular weight excluding hydrogens is 322 g/mol. The lowest BCUT2D eigenvalue weighted by Gasteiger charge is -2.15. The SMILES string of the molecule is CCOc1cccn2c(C(=O)N[C@H](CO)Cc3c[nH]cn3)c(C)nc12. The Bertz CT molecular complexity index is 857. The van der Waals surface area contributed by atoms with Gasteiger partial charge in [0.25, 0.3) is 5.91 Å². The monoisotopic (exact) mass is 343 g/mol. The number of nitrogens with one attached hydrogen (secondary N) is 2. The van der Waals surface area contributed by atoms with E-state index < -0.39 is 6.04 Å². The van der Waals surface area contributed by atoms with E-state index in [0.717, 1.165) is 5.69 Å². The van der Waals surface area contributed by atoms with E-state index >= 15 is 0 Å². The molecule has 3 aromatic heterocycles. The van der Waals surface area contributed by atoms with Crippen molar-refractivity contribution in [1.82, 2.24) is 24.7 Å². The predicted molar refractivity (Wildman–Crippen MR) is 91.7 cm³/mol. The molecule has 1 atom stereocenters. The molecule has 0 fully saturated rings. The number of nitrogens with zero attached hydrogens (tertiary/aromatic N) is 3. The number of ether oxygens (including phenoxy) is 1. The molecule has 0 aliphatic carbocycles. The fourth-order valence-corrected chi connectivity index (χ4v) is 2.77. The minimum atomic E-state index is -0.434. The first-order valence-corrected chi connectivity index (χ1v) is 8.13. The number of hydrogen-bond donors (Lipinski definition) is 3. The predicted octanol–water partition coefficient (Wildman–Crippen LogP) is 1.10. The van der Waals surface area contributed by atoms with Crippen molar-refractivity contribution in [2.24, 2.45) is 0 Å². The number of pyridine rings is 1. The average Bonchev–Trinajstić information content (AvgIpc) is 3.21. The van der Waals surface area contributed by atoms with E-state index in [2.05, 4.69) is 20.3 Å². The Kier molecular flexibility index (Phi) is 4.99. The Morgan fingerprint density at radius 3 is 3.04 bits per heavy atom. The zero-order valence-corrected chi connectivity index (χ0v) is 14.2. The van der Waals surface area contributed by atoms with E-state index in [0.29, 0.717) is 35.8 Å². The molecule has 8 heteroatoms. The smallest absolute Gasteiger partial charge is 0.270 e. The second-order valence-corrected chi connectivity index (χ2v) is 5.66. The van der Waals surface area contributed by atoms with Crippen LogP contribution in [0.15, 0.2) is 30.9 Å². The van der Waals surface area contributed by atoms with Crippen molar-refractivity contribution in [3.05, 3.63) is 47.9 Å². The summed E-state index contributed by atoms with van der Waals surface area (Å²) >= 11 is 0. The number of aliphatic hydroxyl groups excluding tert-OH is 1. The van der Waals surface area contributed by atoms with Gasteiger partial charge in [-0.05, 0) is 26.0 Å². The molecule has 0 saturated heterocycles. The fourth-order valence-electron chi connectivity index (χ4n) is 2.77. The number of aromatic amines is 1. The van der Waals surface area contributed by atoms with Crippen LogP contribution in [0.25, 0.3) is 5.65 Å². The lowest BCUT2D eigenvalue weighted by atomic mass is 10.1. The van der Waals surface area contributed by atoms with Crippen LogP contribution in [0.3, 0.4) is 0 Å². The van der Waals surface area contributed by atoms with Gasteiger partial charge in [0.15, 0.2) is 11.4 Å². The van der Waals surface area contributed by atoms with Crippen molar-refractivity contribution < 1.29 is 14.6 Å². The van der Waals surface area contributed by atoms with Gasteiger partial charge in [0, 0.05) is 18.8 Å². The lowest BCUT2D eigenvalue weighted by Crippen LogP contribution is -2.40. The average molecular weight is 343 g/mol. The van der Waals surface area contributed by atoms with Gasteiger partial charge in [0.2, 0.25) is 0 Å². The Morgan fingerprint density at radius 1 is 1.52 bits per heavy atom. The highest BCUT2D eigenvalue weighted by atomic mass is 16.5. The molecule has 3 N–H and O–H groups in total. The molecule has 0 aliphatic rings. The summed E-state index contributed by atoms with van der Waals surface area (Å²) in [5, 5.41) is 12.4. The van der Waals surface area contributed by atoms with Crippen molar-refractivity contribution in [1.29, 1.82) is 0 Å². The van der Waals surface area contributed by atoms with Crippen LogP contribution in [-0.2, 0) is 6.42 Å². The first-order chi connectivity index (χ1) is 12.1. The maximum Gasteiger partial charge on any atom is 0.270 e. The van der Waals surface area contributed by atoms with Crippen molar-refractivity contribution in [3.63, 3.8) is 0 Å². The molecule has 3 aromatic rings. The fraction of sp³-hybridized carbons (Fsp3) is 0.353. The summed E-state index contributed by atoms with van der Waals surface area (Å²) in [6.45, 7) is 4.01. The topological polar surface area (TPSA) is 105 Å². The van der Waals surface area contributed by atoms with E-state index in [1.54, 1.807) is 30.0 Å². The van der Waals surface area contributed by atoms with Crippen molar-refractivity contribution in [2.75, 3.05) is 13.2 Å². The summed E-state index contributed by atoms with van der Waals surface area (Å²) in [6.07, 6.45) is 5.51. The van der Waals surface area contributed by atoms with Gasteiger partial charge in [-0.25, -0.2) is 9.97 Å². The molecule has 0 bridgehead atoms. The van der Waals surface area contributed by atoms with Gasteiger partial charge in [-0.1, -0.05) is 0 Å². The van der Waals surface area contributed by atoms with Gasteiger partial charge in [0.05, 0.1) is 37.0 Å². The molecule has 0 unspecified atom stereocenters. The number of hydrogen-bond acceptors (Lipinski definition) is 5. The number of aryl methyl sites for hydroxylation is 1. The van der Waals surface area contributed by atoms with Gasteiger partial charge >= 0.3 is 0 Å². The summed E-state index contributed by atoms with van der Waals surface area (Å²) in [7, 11) is 0. The standard InChI is InChI=1S/C17H21N5O3/c1-3-25-14-5-4-6-22-15(11(2)20-16(14)22)17(24)21-13(9-23)7-12-8-18-10-19-12/h4-6,8,10,13,23H,3,7,9H2,1-2H3,(H,18,19)(H,21,24)/t13-/m0/s1. The van der Waals surface area contributed by atoms with Crippen LogP contribution >= 0.6 is 0 Å². The quantitative estimate of drug-likeness (QED) is 0.596. The van der Waals surface area contributed by atoms with Crippen LogP contribution in [0.1, 0.15) is 28.8 Å². The second-order valence-electron chi connectivity index (χ2n) is 5.66. The summed E-state index contributed by atoms with van der Waals surface area (Å²) in [5.74, 6) is 0.329. The summed E-state index contributed by atoms with van der Waals surface area (Å²) in [5.41, 5.74) is 2.39. The normalized spacial score (nSPS) is 12.3. The molecule has 0 aromatic carbocycles. The molecule has 0 spiro atoms. The molecule has 3 heterocycles. The third-order valence-corrected chi connectivity index (χ3v) is 3.87. The Hall–Kier alpha value is -2.87. The number of aromatic nitrogens is 4. The van der Waals surface area contributed by atoms with E-state index in [1.807, 2.05) is 19.1 Å². The van der Waals surface area contributed by atoms with Crippen LogP contribution in [0.4, 0.5) is 0 Å².